The second-order valence-electron chi connectivity index (χ2n) is 4.92. The average molecular weight is 258 g/mol. The number of hydrogen-bond acceptors (Lipinski definition) is 4. The van der Waals surface area contributed by atoms with Crippen LogP contribution in [-0.4, -0.2) is 67.9 Å². The highest BCUT2D eigenvalue weighted by Gasteiger charge is 2.31. The van der Waals surface area contributed by atoms with E-state index in [1.54, 1.807) is 12.0 Å². The van der Waals surface area contributed by atoms with E-state index >= 15 is 0 Å². The second-order valence-corrected chi connectivity index (χ2v) is 4.92. The van der Waals surface area contributed by atoms with Crippen molar-refractivity contribution in [2.24, 2.45) is 0 Å². The molecule has 1 unspecified atom stereocenters. The molecule has 1 aliphatic rings. The minimum Gasteiger partial charge on any atom is -0.448 e. The number of likely N-dealkylation sites (N-methyl/N-ethyl adjacent to an activating group) is 1. The maximum atomic E-state index is 11.8. The quantitative estimate of drug-likeness (QED) is 0.695. The molecule has 1 rings (SSSR count). The van der Waals surface area contributed by atoms with Gasteiger partial charge >= 0.3 is 6.09 Å². The van der Waals surface area contributed by atoms with Crippen molar-refractivity contribution in [1.29, 1.82) is 0 Å². The molecule has 1 fully saturated rings. The summed E-state index contributed by atoms with van der Waals surface area (Å²) in [7, 11) is 1.63. The third kappa shape index (κ3) is 4.14. The summed E-state index contributed by atoms with van der Waals surface area (Å²) in [5.41, 5.74) is 0. The summed E-state index contributed by atoms with van der Waals surface area (Å²) in [6, 6.07) is 0.924. The van der Waals surface area contributed by atoms with Crippen LogP contribution in [0.15, 0.2) is 0 Å². The summed E-state index contributed by atoms with van der Waals surface area (Å²) in [6.07, 6.45) is 0.889. The molecule has 0 bridgehead atoms. The van der Waals surface area contributed by atoms with E-state index in [2.05, 4.69) is 18.7 Å². The van der Waals surface area contributed by atoms with Crippen LogP contribution in [0.5, 0.6) is 0 Å². The number of nitrogens with zero attached hydrogens (tertiary/aromatic N) is 2. The SMILES string of the molecule is CCN(CCOC)C(=O)OCC1CCN1C(C)C. The lowest BCUT2D eigenvalue weighted by Gasteiger charge is -2.43. The maximum Gasteiger partial charge on any atom is 0.409 e. The molecule has 5 nitrogen and oxygen atoms in total. The van der Waals surface area contributed by atoms with Gasteiger partial charge in [-0.3, -0.25) is 4.90 Å². The van der Waals surface area contributed by atoms with Gasteiger partial charge in [0.25, 0.3) is 0 Å². The van der Waals surface area contributed by atoms with Gasteiger partial charge in [0.2, 0.25) is 0 Å². The van der Waals surface area contributed by atoms with E-state index in [9.17, 15) is 4.79 Å². The second kappa shape index (κ2) is 7.59. The molecule has 1 amide bonds. The maximum absolute atomic E-state index is 11.8. The van der Waals surface area contributed by atoms with E-state index in [1.807, 2.05) is 6.92 Å². The highest BCUT2D eigenvalue weighted by atomic mass is 16.6. The van der Waals surface area contributed by atoms with Crippen LogP contribution in [0.4, 0.5) is 4.79 Å². The van der Waals surface area contributed by atoms with Crippen molar-refractivity contribution in [3.8, 4) is 0 Å². The standard InChI is InChI=1S/C13H26N2O3/c1-5-14(8-9-17-4)13(16)18-10-12-6-7-15(12)11(2)3/h11-12H,5-10H2,1-4H3. The van der Waals surface area contributed by atoms with Crippen LogP contribution in [0.1, 0.15) is 27.2 Å². The van der Waals surface area contributed by atoms with Crippen LogP contribution in [0.2, 0.25) is 0 Å². The molecule has 1 heterocycles. The van der Waals surface area contributed by atoms with Gasteiger partial charge in [-0.25, -0.2) is 4.79 Å². The van der Waals surface area contributed by atoms with Crippen LogP contribution in [0.3, 0.4) is 0 Å². The van der Waals surface area contributed by atoms with E-state index in [0.29, 0.717) is 38.4 Å². The Morgan fingerprint density at radius 2 is 2.22 bits per heavy atom. The van der Waals surface area contributed by atoms with E-state index < -0.39 is 0 Å². The number of methoxy groups -OCH3 is 1. The van der Waals surface area contributed by atoms with Crippen LogP contribution < -0.4 is 0 Å². The van der Waals surface area contributed by atoms with Gasteiger partial charge in [-0.05, 0) is 27.2 Å². The Morgan fingerprint density at radius 1 is 1.50 bits per heavy atom. The van der Waals surface area contributed by atoms with Crippen molar-refractivity contribution >= 4 is 6.09 Å². The van der Waals surface area contributed by atoms with Gasteiger partial charge < -0.3 is 14.4 Å². The summed E-state index contributed by atoms with van der Waals surface area (Å²) >= 11 is 0. The Kier molecular flexibility index (Phi) is 6.43. The number of amides is 1. The zero-order valence-corrected chi connectivity index (χ0v) is 12.0. The Hall–Kier alpha value is -0.810. The van der Waals surface area contributed by atoms with Crippen LogP contribution >= 0.6 is 0 Å². The predicted molar refractivity (Wildman–Crippen MR) is 70.7 cm³/mol. The van der Waals surface area contributed by atoms with E-state index in [4.69, 9.17) is 9.47 Å². The number of carbonyl (C=O) groups excluding carboxylic acids is 1. The van der Waals surface area contributed by atoms with Gasteiger partial charge in [-0.15, -0.1) is 0 Å². The smallest absolute Gasteiger partial charge is 0.409 e. The Balaban J connectivity index is 2.27. The largest absolute Gasteiger partial charge is 0.448 e. The molecule has 0 aromatic rings. The van der Waals surface area contributed by atoms with E-state index in [-0.39, 0.29) is 6.09 Å². The molecule has 18 heavy (non-hydrogen) atoms. The molecule has 0 spiro atoms. The molecule has 0 saturated carbocycles. The van der Waals surface area contributed by atoms with Gasteiger partial charge in [-0.1, -0.05) is 0 Å². The number of rotatable bonds is 7. The fourth-order valence-corrected chi connectivity index (χ4v) is 2.16. The molecule has 106 valence electrons. The van der Waals surface area contributed by atoms with Crippen LogP contribution in [0.25, 0.3) is 0 Å². The van der Waals surface area contributed by atoms with Crippen molar-refractivity contribution in [2.75, 3.05) is 40.0 Å². The fraction of sp³-hybridized carbons (Fsp3) is 0.923. The zero-order chi connectivity index (χ0) is 13.5. The van der Waals surface area contributed by atoms with Gasteiger partial charge in [0.1, 0.15) is 6.61 Å². The highest BCUT2D eigenvalue weighted by Crippen LogP contribution is 2.20. The van der Waals surface area contributed by atoms with E-state index in [1.165, 1.54) is 0 Å². The van der Waals surface area contributed by atoms with Gasteiger partial charge in [0, 0.05) is 38.8 Å². The predicted octanol–water partition coefficient (Wildman–Crippen LogP) is 1.57. The molecule has 1 atom stereocenters. The lowest BCUT2D eigenvalue weighted by Crippen LogP contribution is -2.54. The highest BCUT2D eigenvalue weighted by molar-refractivity contribution is 5.67. The molecule has 1 aliphatic heterocycles. The van der Waals surface area contributed by atoms with Crippen molar-refractivity contribution in [3.05, 3.63) is 0 Å². The third-order valence-electron chi connectivity index (χ3n) is 3.46. The first-order valence-electron chi connectivity index (χ1n) is 6.76. The molecule has 0 aromatic heterocycles. The first-order valence-corrected chi connectivity index (χ1v) is 6.76. The number of carbonyl (C=O) groups is 1. The molecule has 0 aromatic carbocycles. The molecule has 0 N–H and O–H groups in total. The summed E-state index contributed by atoms with van der Waals surface area (Å²) in [4.78, 5) is 15.9. The van der Waals surface area contributed by atoms with Gasteiger partial charge in [-0.2, -0.15) is 0 Å². The van der Waals surface area contributed by atoms with Crippen molar-refractivity contribution in [2.45, 2.75) is 39.3 Å². The zero-order valence-electron chi connectivity index (χ0n) is 12.0. The Labute approximate surface area is 110 Å². The molecular formula is C13H26N2O3. The first kappa shape index (κ1) is 15.2. The normalized spacial score (nSPS) is 19.7. The lowest BCUT2D eigenvalue weighted by molar-refractivity contribution is -0.000492. The summed E-state index contributed by atoms with van der Waals surface area (Å²) in [5.74, 6) is 0. The van der Waals surface area contributed by atoms with E-state index in [0.717, 1.165) is 13.0 Å². The summed E-state index contributed by atoms with van der Waals surface area (Å²) in [5, 5.41) is 0. The molecule has 1 saturated heterocycles. The van der Waals surface area contributed by atoms with Gasteiger partial charge in [0.15, 0.2) is 0 Å². The van der Waals surface area contributed by atoms with Crippen molar-refractivity contribution in [3.63, 3.8) is 0 Å². The number of likely N-dealkylation sites (tertiary alicyclic amines) is 1. The fourth-order valence-electron chi connectivity index (χ4n) is 2.16. The van der Waals surface area contributed by atoms with Gasteiger partial charge in [0.05, 0.1) is 6.61 Å². The summed E-state index contributed by atoms with van der Waals surface area (Å²) < 4.78 is 10.3. The average Bonchev–Trinajstić information content (AvgIpc) is 2.28. The summed E-state index contributed by atoms with van der Waals surface area (Å²) in [6.45, 7) is 9.69. The van der Waals surface area contributed by atoms with Crippen molar-refractivity contribution < 1.29 is 14.3 Å². The third-order valence-corrected chi connectivity index (χ3v) is 3.46. The minimum absolute atomic E-state index is 0.231. The number of ether oxygens (including phenoxy) is 2. The van der Waals surface area contributed by atoms with Crippen LogP contribution in [-0.2, 0) is 9.47 Å². The molecule has 5 heteroatoms. The Bertz CT molecular complexity index is 259. The molecule has 0 radical (unpaired) electrons. The Morgan fingerprint density at radius 3 is 2.67 bits per heavy atom. The minimum atomic E-state index is -0.231. The number of hydrogen-bond donors (Lipinski definition) is 0. The first-order chi connectivity index (χ1) is 8.60. The molecular weight excluding hydrogens is 232 g/mol. The van der Waals surface area contributed by atoms with Crippen molar-refractivity contribution in [1.82, 2.24) is 9.80 Å². The topological polar surface area (TPSA) is 42.0 Å². The monoisotopic (exact) mass is 258 g/mol. The molecule has 0 aliphatic carbocycles. The lowest BCUT2D eigenvalue weighted by atomic mass is 10.0. The van der Waals surface area contributed by atoms with Crippen LogP contribution in [0, 0.1) is 0 Å².